The lowest BCUT2D eigenvalue weighted by Crippen LogP contribution is -2.36. The Hall–Kier alpha value is -2.77. The number of hydrogen-bond acceptors (Lipinski definition) is 3. The van der Waals surface area contributed by atoms with Crippen LogP contribution < -0.4 is 10.6 Å². The Kier molecular flexibility index (Phi) is 5.05. The molecular weight excluding hydrogens is 313 g/mol. The van der Waals surface area contributed by atoms with Crippen molar-refractivity contribution >= 4 is 11.8 Å². The summed E-state index contributed by atoms with van der Waals surface area (Å²) in [6, 6.07) is 7.09. The van der Waals surface area contributed by atoms with E-state index >= 15 is 0 Å². The van der Waals surface area contributed by atoms with Crippen molar-refractivity contribution in [2.24, 2.45) is 0 Å². The molecule has 0 atom stereocenters. The highest BCUT2D eigenvalue weighted by Gasteiger charge is 2.30. The smallest absolute Gasteiger partial charge is 0.416 e. The first-order valence-electron chi connectivity index (χ1n) is 6.61. The van der Waals surface area contributed by atoms with Gasteiger partial charge in [0.1, 0.15) is 5.76 Å². The molecule has 0 spiro atoms. The second-order valence-electron chi connectivity index (χ2n) is 4.61. The fourth-order valence-corrected chi connectivity index (χ4v) is 1.73. The number of nitrogens with one attached hydrogen (secondary N) is 2. The molecule has 5 nitrogen and oxygen atoms in total. The summed E-state index contributed by atoms with van der Waals surface area (Å²) in [7, 11) is 0. The Labute approximate surface area is 129 Å². The maximum Gasteiger partial charge on any atom is 0.416 e. The van der Waals surface area contributed by atoms with Crippen LogP contribution in [0.25, 0.3) is 0 Å². The third kappa shape index (κ3) is 4.87. The standard InChI is InChI=1S/C15H13F3N2O3/c16-15(17,18)11-5-3-10(4-6-11)14(22)20-9-13(21)19-8-12-2-1-7-23-12/h1-7H,8-9H2,(H,19,21)(H,20,22). The van der Waals surface area contributed by atoms with E-state index in [9.17, 15) is 22.8 Å². The van der Waals surface area contributed by atoms with Crippen LogP contribution in [-0.4, -0.2) is 18.4 Å². The van der Waals surface area contributed by atoms with E-state index in [1.165, 1.54) is 6.26 Å². The third-order valence-corrected chi connectivity index (χ3v) is 2.92. The topological polar surface area (TPSA) is 71.3 Å². The average Bonchev–Trinajstić information content (AvgIpc) is 3.03. The molecule has 0 fully saturated rings. The average molecular weight is 326 g/mol. The summed E-state index contributed by atoms with van der Waals surface area (Å²) in [6.45, 7) is -0.109. The lowest BCUT2D eigenvalue weighted by Gasteiger charge is -2.08. The molecule has 2 N–H and O–H groups in total. The second-order valence-corrected chi connectivity index (χ2v) is 4.61. The van der Waals surface area contributed by atoms with Crippen LogP contribution in [0.2, 0.25) is 0 Å². The highest BCUT2D eigenvalue weighted by atomic mass is 19.4. The monoisotopic (exact) mass is 326 g/mol. The van der Waals surface area contributed by atoms with Crippen molar-refractivity contribution in [2.75, 3.05) is 6.54 Å². The van der Waals surface area contributed by atoms with E-state index in [-0.39, 0.29) is 18.7 Å². The van der Waals surface area contributed by atoms with Crippen LogP contribution in [-0.2, 0) is 17.5 Å². The molecule has 2 rings (SSSR count). The molecular formula is C15H13F3N2O3. The second kappa shape index (κ2) is 6.99. The van der Waals surface area contributed by atoms with E-state index in [1.54, 1.807) is 12.1 Å². The number of furan rings is 1. The SMILES string of the molecule is O=C(CNC(=O)c1ccc(C(F)(F)F)cc1)NCc1ccco1. The van der Waals surface area contributed by atoms with Crippen molar-refractivity contribution in [3.8, 4) is 0 Å². The molecule has 8 heteroatoms. The summed E-state index contributed by atoms with van der Waals surface area (Å²) in [6.07, 6.45) is -2.99. The van der Waals surface area contributed by atoms with Crippen LogP contribution in [0.1, 0.15) is 21.7 Å². The first-order valence-corrected chi connectivity index (χ1v) is 6.61. The van der Waals surface area contributed by atoms with Gasteiger partial charge in [-0.2, -0.15) is 13.2 Å². The number of carbonyl (C=O) groups excluding carboxylic acids is 2. The summed E-state index contributed by atoms with van der Waals surface area (Å²) in [5, 5.41) is 4.85. The van der Waals surface area contributed by atoms with Gasteiger partial charge in [-0.3, -0.25) is 9.59 Å². The van der Waals surface area contributed by atoms with Gasteiger partial charge in [0.15, 0.2) is 0 Å². The Bertz CT molecular complexity index is 664. The summed E-state index contributed by atoms with van der Waals surface area (Å²) in [5.74, 6) is -0.513. The minimum atomic E-state index is -4.46. The highest BCUT2D eigenvalue weighted by molar-refractivity contribution is 5.96. The third-order valence-electron chi connectivity index (χ3n) is 2.92. The Morgan fingerprint density at radius 1 is 1.04 bits per heavy atom. The summed E-state index contributed by atoms with van der Waals surface area (Å²) in [4.78, 5) is 23.3. The van der Waals surface area contributed by atoms with E-state index in [1.807, 2.05) is 0 Å². The van der Waals surface area contributed by atoms with Crippen LogP contribution >= 0.6 is 0 Å². The molecule has 2 aromatic rings. The van der Waals surface area contributed by atoms with Gasteiger partial charge in [-0.25, -0.2) is 0 Å². The Balaban J connectivity index is 1.81. The van der Waals surface area contributed by atoms with Gasteiger partial charge in [0.05, 0.1) is 24.9 Å². The lowest BCUT2D eigenvalue weighted by atomic mass is 10.1. The fourth-order valence-electron chi connectivity index (χ4n) is 1.73. The number of carbonyl (C=O) groups is 2. The van der Waals surface area contributed by atoms with Crippen molar-refractivity contribution in [3.63, 3.8) is 0 Å². The summed E-state index contributed by atoms with van der Waals surface area (Å²) >= 11 is 0. The van der Waals surface area contributed by atoms with Crippen LogP contribution in [0.5, 0.6) is 0 Å². The predicted molar refractivity (Wildman–Crippen MR) is 74.3 cm³/mol. The minimum absolute atomic E-state index is 0.0387. The quantitative estimate of drug-likeness (QED) is 0.886. The first-order chi connectivity index (χ1) is 10.9. The fraction of sp³-hybridized carbons (Fsp3) is 0.200. The molecule has 2 amide bonds. The number of alkyl halides is 3. The van der Waals surface area contributed by atoms with E-state index in [0.717, 1.165) is 24.3 Å². The number of amides is 2. The van der Waals surface area contributed by atoms with E-state index < -0.39 is 23.6 Å². The predicted octanol–water partition coefficient (Wildman–Crippen LogP) is 2.34. The van der Waals surface area contributed by atoms with Gasteiger partial charge in [-0.1, -0.05) is 0 Å². The van der Waals surface area contributed by atoms with Gasteiger partial charge in [0, 0.05) is 5.56 Å². The molecule has 0 bridgehead atoms. The largest absolute Gasteiger partial charge is 0.467 e. The van der Waals surface area contributed by atoms with Crippen LogP contribution in [0.15, 0.2) is 47.1 Å². The van der Waals surface area contributed by atoms with Crippen molar-refractivity contribution in [3.05, 3.63) is 59.5 Å². The zero-order valence-electron chi connectivity index (χ0n) is 11.8. The molecule has 1 aromatic carbocycles. The maximum atomic E-state index is 12.4. The van der Waals surface area contributed by atoms with E-state index in [0.29, 0.717) is 5.76 Å². The van der Waals surface area contributed by atoms with E-state index in [2.05, 4.69) is 10.6 Å². The molecule has 0 saturated heterocycles. The van der Waals surface area contributed by atoms with Crippen molar-refractivity contribution < 1.29 is 27.2 Å². The Morgan fingerprint density at radius 2 is 1.74 bits per heavy atom. The molecule has 0 aliphatic rings. The normalized spacial score (nSPS) is 11.1. The van der Waals surface area contributed by atoms with Gasteiger partial charge < -0.3 is 15.1 Å². The van der Waals surface area contributed by atoms with Crippen LogP contribution in [0.3, 0.4) is 0 Å². The molecule has 0 radical (unpaired) electrons. The van der Waals surface area contributed by atoms with Crippen molar-refractivity contribution in [1.82, 2.24) is 10.6 Å². The number of hydrogen-bond donors (Lipinski definition) is 2. The molecule has 1 heterocycles. The summed E-state index contributed by atoms with van der Waals surface area (Å²) < 4.78 is 42.3. The zero-order chi connectivity index (χ0) is 16.9. The van der Waals surface area contributed by atoms with E-state index in [4.69, 9.17) is 4.42 Å². The van der Waals surface area contributed by atoms with Crippen molar-refractivity contribution in [2.45, 2.75) is 12.7 Å². The van der Waals surface area contributed by atoms with Crippen LogP contribution in [0, 0.1) is 0 Å². The summed E-state index contributed by atoms with van der Waals surface area (Å²) in [5.41, 5.74) is -0.804. The van der Waals surface area contributed by atoms with Crippen LogP contribution in [0.4, 0.5) is 13.2 Å². The highest BCUT2D eigenvalue weighted by Crippen LogP contribution is 2.28. The molecule has 0 aliphatic carbocycles. The minimum Gasteiger partial charge on any atom is -0.467 e. The molecule has 0 saturated carbocycles. The number of halogens is 3. The molecule has 0 aliphatic heterocycles. The maximum absolute atomic E-state index is 12.4. The van der Waals surface area contributed by atoms with Gasteiger partial charge >= 0.3 is 6.18 Å². The first kappa shape index (κ1) is 16.6. The number of rotatable bonds is 5. The Morgan fingerprint density at radius 3 is 2.30 bits per heavy atom. The van der Waals surface area contributed by atoms with Gasteiger partial charge in [0.2, 0.25) is 5.91 Å². The molecule has 23 heavy (non-hydrogen) atoms. The van der Waals surface area contributed by atoms with Crippen molar-refractivity contribution in [1.29, 1.82) is 0 Å². The lowest BCUT2D eigenvalue weighted by molar-refractivity contribution is -0.137. The molecule has 122 valence electrons. The zero-order valence-corrected chi connectivity index (χ0v) is 11.8. The van der Waals surface area contributed by atoms with Gasteiger partial charge in [-0.15, -0.1) is 0 Å². The van der Waals surface area contributed by atoms with Gasteiger partial charge in [-0.05, 0) is 36.4 Å². The number of benzene rings is 1. The molecule has 0 unspecified atom stereocenters. The molecule has 1 aromatic heterocycles. The van der Waals surface area contributed by atoms with Gasteiger partial charge in [0.25, 0.3) is 5.91 Å².